The van der Waals surface area contributed by atoms with Crippen LogP contribution in [0.25, 0.3) is 83.4 Å². The summed E-state index contributed by atoms with van der Waals surface area (Å²) in [4.78, 5) is 10.1. The minimum absolute atomic E-state index is 0.0132. The molecule has 0 atom stereocenters. The Labute approximate surface area is 323 Å². The normalized spacial score (nSPS) is 14.0. The van der Waals surface area contributed by atoms with Crippen molar-refractivity contribution in [3.8, 4) is 67.0 Å². The van der Waals surface area contributed by atoms with Crippen LogP contribution in [0.5, 0.6) is 0 Å². The van der Waals surface area contributed by atoms with Crippen LogP contribution < -0.4 is 0 Å². The Bertz CT molecular complexity index is 2800. The topological polar surface area (TPSA) is 25.8 Å². The lowest BCUT2D eigenvalue weighted by atomic mass is 9.81. The van der Waals surface area contributed by atoms with Gasteiger partial charge < -0.3 is 0 Å². The summed E-state index contributed by atoms with van der Waals surface area (Å²) in [6.45, 7) is 4.69. The molecule has 0 unspecified atom stereocenters. The molecule has 55 heavy (non-hydrogen) atoms. The lowest BCUT2D eigenvalue weighted by Crippen LogP contribution is -2.14. The highest BCUT2D eigenvalue weighted by Gasteiger charge is 2.35. The minimum atomic E-state index is -0.0132. The predicted molar refractivity (Wildman–Crippen MR) is 231 cm³/mol. The maximum absolute atomic E-state index is 5.08. The molecule has 2 aliphatic rings. The quantitative estimate of drug-likeness (QED) is 0.172. The molecule has 2 nitrogen and oxygen atoms in total. The molecule has 0 aliphatic heterocycles. The molecule has 0 saturated carbocycles. The molecule has 7 aromatic carbocycles. The van der Waals surface area contributed by atoms with E-state index < -0.39 is 0 Å². The van der Waals surface area contributed by atoms with Gasteiger partial charge >= 0.3 is 0 Å². The van der Waals surface area contributed by atoms with E-state index in [1.165, 1.54) is 66.4 Å². The number of nitrogens with zero attached hydrogens (tertiary/aromatic N) is 2. The van der Waals surface area contributed by atoms with E-state index in [0.717, 1.165) is 46.8 Å². The van der Waals surface area contributed by atoms with E-state index in [4.69, 9.17) is 9.97 Å². The van der Waals surface area contributed by atoms with Crippen LogP contribution in [-0.4, -0.2) is 9.97 Å². The Morgan fingerprint density at radius 2 is 1.04 bits per heavy atom. The van der Waals surface area contributed by atoms with Crippen molar-refractivity contribution in [3.05, 3.63) is 199 Å². The van der Waals surface area contributed by atoms with Crippen molar-refractivity contribution < 1.29 is 0 Å². The largest absolute Gasteiger partial charge is 0.228 e. The summed E-state index contributed by atoms with van der Waals surface area (Å²) in [6, 6.07) is 59.7. The van der Waals surface area contributed by atoms with Crippen LogP contribution in [0.15, 0.2) is 182 Å². The summed E-state index contributed by atoms with van der Waals surface area (Å²) >= 11 is 0. The van der Waals surface area contributed by atoms with Crippen LogP contribution in [0, 0.1) is 0 Å². The summed E-state index contributed by atoms with van der Waals surface area (Å²) in [5.41, 5.74) is 17.9. The van der Waals surface area contributed by atoms with Gasteiger partial charge in [-0.25, -0.2) is 9.97 Å². The van der Waals surface area contributed by atoms with Gasteiger partial charge in [0.25, 0.3) is 0 Å². The number of rotatable bonds is 6. The SMILES string of the molecule is CC1(C)c2ccccc2-c2ccc(-c3ccc(-c4ccc5cccc(-c6ccc(-c7cc(-c8ccccc8)nc(C8=CCCC=C8)n7)cc6)c5c4)cc3)cc21. The third kappa shape index (κ3) is 5.91. The number of fused-ring (bicyclic) bond motifs is 4. The van der Waals surface area contributed by atoms with Crippen LogP contribution >= 0.6 is 0 Å². The number of aromatic nitrogens is 2. The van der Waals surface area contributed by atoms with Gasteiger partial charge in [0.05, 0.1) is 11.4 Å². The molecule has 2 heteroatoms. The average molecular weight is 705 g/mol. The summed E-state index contributed by atoms with van der Waals surface area (Å²) in [5, 5.41) is 2.47. The van der Waals surface area contributed by atoms with E-state index >= 15 is 0 Å². The lowest BCUT2D eigenvalue weighted by Gasteiger charge is -2.22. The van der Waals surface area contributed by atoms with Crippen LogP contribution in [0.3, 0.4) is 0 Å². The van der Waals surface area contributed by atoms with E-state index in [1.807, 2.05) is 6.07 Å². The Morgan fingerprint density at radius 3 is 1.78 bits per heavy atom. The van der Waals surface area contributed by atoms with Crippen molar-refractivity contribution in [2.75, 3.05) is 0 Å². The lowest BCUT2D eigenvalue weighted by molar-refractivity contribution is 0.660. The standard InChI is InChI=1S/C53H40N2/c1-53(2)48-19-10-9-17-45(48)46-31-30-43(33-49(46)53)36-22-20-35(21-23-36)42-29-26-37-16-11-18-44(47(37)32-42)38-24-27-40(28-25-38)51-34-50(39-12-5-3-6-13-39)54-52(55-51)41-14-7-4-8-15-41/h3,5-7,9-34H,4,8H2,1-2H3. The van der Waals surface area contributed by atoms with Gasteiger partial charge in [-0.05, 0) is 97.4 Å². The maximum Gasteiger partial charge on any atom is 0.160 e. The van der Waals surface area contributed by atoms with Crippen molar-refractivity contribution in [2.24, 2.45) is 0 Å². The zero-order valence-electron chi connectivity index (χ0n) is 31.1. The number of hydrogen-bond donors (Lipinski definition) is 0. The van der Waals surface area contributed by atoms with Crippen molar-refractivity contribution >= 4 is 16.3 Å². The molecular weight excluding hydrogens is 665 g/mol. The molecule has 0 bridgehead atoms. The van der Waals surface area contributed by atoms with Crippen molar-refractivity contribution in [2.45, 2.75) is 32.1 Å². The molecule has 1 heterocycles. The molecule has 0 radical (unpaired) electrons. The zero-order valence-corrected chi connectivity index (χ0v) is 31.1. The van der Waals surface area contributed by atoms with Crippen molar-refractivity contribution in [1.29, 1.82) is 0 Å². The van der Waals surface area contributed by atoms with Gasteiger partial charge in [-0.1, -0.05) is 178 Å². The fourth-order valence-electron chi connectivity index (χ4n) is 8.52. The van der Waals surface area contributed by atoms with Crippen LogP contribution in [0.1, 0.15) is 43.6 Å². The van der Waals surface area contributed by atoms with Crippen molar-refractivity contribution in [1.82, 2.24) is 9.97 Å². The van der Waals surface area contributed by atoms with Gasteiger partial charge in [0, 0.05) is 22.1 Å². The third-order valence-corrected chi connectivity index (χ3v) is 11.6. The maximum atomic E-state index is 5.08. The average Bonchev–Trinajstić information content (AvgIpc) is 3.49. The first kappa shape index (κ1) is 33.0. The minimum Gasteiger partial charge on any atom is -0.228 e. The molecule has 2 aliphatic carbocycles. The van der Waals surface area contributed by atoms with E-state index in [-0.39, 0.29) is 5.41 Å². The second-order valence-electron chi connectivity index (χ2n) is 15.3. The fraction of sp³-hybridized carbons (Fsp3) is 0.0943. The Kier molecular flexibility index (Phi) is 7.99. The van der Waals surface area contributed by atoms with E-state index in [9.17, 15) is 0 Å². The molecule has 8 aromatic rings. The number of hydrogen-bond acceptors (Lipinski definition) is 2. The summed E-state index contributed by atoms with van der Waals surface area (Å²) in [5.74, 6) is 0.771. The van der Waals surface area contributed by atoms with Gasteiger partial charge in [0.15, 0.2) is 5.82 Å². The summed E-state index contributed by atoms with van der Waals surface area (Å²) < 4.78 is 0. The first-order valence-electron chi connectivity index (χ1n) is 19.3. The van der Waals surface area contributed by atoms with Gasteiger partial charge in [-0.15, -0.1) is 0 Å². The zero-order chi connectivity index (χ0) is 36.9. The monoisotopic (exact) mass is 704 g/mol. The van der Waals surface area contributed by atoms with Crippen LogP contribution in [0.2, 0.25) is 0 Å². The van der Waals surface area contributed by atoms with E-state index in [2.05, 4.69) is 190 Å². The second-order valence-corrected chi connectivity index (χ2v) is 15.3. The molecule has 1 aromatic heterocycles. The smallest absolute Gasteiger partial charge is 0.160 e. The van der Waals surface area contributed by atoms with Gasteiger partial charge in [0.2, 0.25) is 0 Å². The van der Waals surface area contributed by atoms with E-state index in [0.29, 0.717) is 0 Å². The molecule has 0 saturated heterocycles. The molecule has 10 rings (SSSR count). The first-order valence-corrected chi connectivity index (χ1v) is 19.3. The second kappa shape index (κ2) is 13.3. The highest BCUT2D eigenvalue weighted by molar-refractivity contribution is 5.99. The van der Waals surface area contributed by atoms with Gasteiger partial charge in [-0.3, -0.25) is 0 Å². The first-order chi connectivity index (χ1) is 27.0. The highest BCUT2D eigenvalue weighted by atomic mass is 14.9. The van der Waals surface area contributed by atoms with Gasteiger partial charge in [-0.2, -0.15) is 0 Å². The van der Waals surface area contributed by atoms with Gasteiger partial charge in [0.1, 0.15) is 0 Å². The Morgan fingerprint density at radius 1 is 0.436 bits per heavy atom. The highest BCUT2D eigenvalue weighted by Crippen LogP contribution is 2.49. The Balaban J connectivity index is 0.960. The van der Waals surface area contributed by atoms with E-state index in [1.54, 1.807) is 0 Å². The molecule has 262 valence electrons. The summed E-state index contributed by atoms with van der Waals surface area (Å²) in [6.07, 6.45) is 8.67. The van der Waals surface area contributed by atoms with Crippen LogP contribution in [0.4, 0.5) is 0 Å². The van der Waals surface area contributed by atoms with Crippen LogP contribution in [-0.2, 0) is 5.41 Å². The fourth-order valence-corrected chi connectivity index (χ4v) is 8.52. The number of benzene rings is 7. The molecular formula is C53H40N2. The Hall–Kier alpha value is -6.64. The number of allylic oxidation sites excluding steroid dienone is 4. The third-order valence-electron chi connectivity index (χ3n) is 11.6. The molecule has 0 N–H and O–H groups in total. The predicted octanol–water partition coefficient (Wildman–Crippen LogP) is 14.0. The molecule has 0 spiro atoms. The molecule has 0 fully saturated rings. The molecule has 0 amide bonds. The van der Waals surface area contributed by atoms with Crippen molar-refractivity contribution in [3.63, 3.8) is 0 Å². The summed E-state index contributed by atoms with van der Waals surface area (Å²) in [7, 11) is 0.